The fraction of sp³-hybridized carbons (Fsp3) is 0. The van der Waals surface area contributed by atoms with E-state index in [4.69, 9.17) is 11.6 Å². The van der Waals surface area contributed by atoms with Crippen LogP contribution in [0.4, 0.5) is 5.69 Å². The Bertz CT molecular complexity index is 611. The maximum Gasteiger partial charge on any atom is 0.282 e. The van der Waals surface area contributed by atoms with Crippen LogP contribution in [0, 0.1) is 10.1 Å². The van der Waals surface area contributed by atoms with Crippen LogP contribution in [-0.2, 0) is 0 Å². The highest BCUT2D eigenvalue weighted by Gasteiger charge is 2.23. The molecule has 0 amide bonds. The molecule has 0 aliphatic heterocycles. The number of carbonyl (C=O) groups is 1. The van der Waals surface area contributed by atoms with Crippen molar-refractivity contribution in [1.82, 2.24) is 0 Å². The summed E-state index contributed by atoms with van der Waals surface area (Å²) in [7, 11) is 0. The van der Waals surface area contributed by atoms with Crippen LogP contribution >= 0.6 is 11.6 Å². The lowest BCUT2D eigenvalue weighted by atomic mass is 10.0. The minimum absolute atomic E-state index is 0.0737. The first-order chi connectivity index (χ1) is 8.61. The van der Waals surface area contributed by atoms with E-state index >= 15 is 0 Å². The molecule has 0 saturated heterocycles. The third-order valence-corrected chi connectivity index (χ3v) is 2.77. The van der Waals surface area contributed by atoms with E-state index in [0.717, 1.165) is 0 Å². The van der Waals surface area contributed by atoms with Crippen molar-refractivity contribution in [3.63, 3.8) is 0 Å². The number of ketones is 1. The van der Waals surface area contributed by atoms with Crippen molar-refractivity contribution in [1.29, 1.82) is 0 Å². The highest BCUT2D eigenvalue weighted by Crippen LogP contribution is 2.28. The monoisotopic (exact) mass is 261 g/mol. The first-order valence-corrected chi connectivity index (χ1v) is 5.51. The molecule has 0 fully saturated rings. The Kier molecular flexibility index (Phi) is 3.39. The van der Waals surface area contributed by atoms with E-state index in [-0.39, 0.29) is 16.3 Å². The van der Waals surface area contributed by atoms with E-state index in [1.165, 1.54) is 18.2 Å². The molecule has 5 heteroatoms. The quantitative estimate of drug-likeness (QED) is 0.483. The summed E-state index contributed by atoms with van der Waals surface area (Å²) >= 11 is 5.89. The fourth-order valence-corrected chi connectivity index (χ4v) is 1.88. The van der Waals surface area contributed by atoms with Gasteiger partial charge in [0.15, 0.2) is 0 Å². The Morgan fingerprint density at radius 3 is 2.33 bits per heavy atom. The van der Waals surface area contributed by atoms with Crippen LogP contribution in [0.15, 0.2) is 48.5 Å². The van der Waals surface area contributed by atoms with Crippen molar-refractivity contribution in [2.45, 2.75) is 0 Å². The van der Waals surface area contributed by atoms with Gasteiger partial charge in [-0.05, 0) is 6.07 Å². The van der Waals surface area contributed by atoms with Gasteiger partial charge in [-0.2, -0.15) is 0 Å². The molecule has 90 valence electrons. The third-order valence-electron chi connectivity index (χ3n) is 2.45. The van der Waals surface area contributed by atoms with E-state index in [1.54, 1.807) is 30.3 Å². The number of carbonyl (C=O) groups excluding carboxylic acids is 1. The second kappa shape index (κ2) is 4.98. The van der Waals surface area contributed by atoms with Gasteiger partial charge < -0.3 is 0 Å². The lowest BCUT2D eigenvalue weighted by Crippen LogP contribution is -2.06. The van der Waals surface area contributed by atoms with E-state index in [0.29, 0.717) is 5.56 Å². The zero-order chi connectivity index (χ0) is 13.1. The second-order valence-corrected chi connectivity index (χ2v) is 3.99. The summed E-state index contributed by atoms with van der Waals surface area (Å²) < 4.78 is 0. The molecule has 0 N–H and O–H groups in total. The molecule has 0 aromatic heterocycles. The predicted molar refractivity (Wildman–Crippen MR) is 68.0 cm³/mol. The van der Waals surface area contributed by atoms with E-state index in [9.17, 15) is 14.9 Å². The zero-order valence-corrected chi connectivity index (χ0v) is 9.92. The molecule has 2 aromatic rings. The number of hydrogen-bond acceptors (Lipinski definition) is 3. The van der Waals surface area contributed by atoms with Gasteiger partial charge in [-0.25, -0.2) is 0 Å². The SMILES string of the molecule is O=C(c1ccccc1)c1c(Cl)cccc1[N+](=O)[O-]. The summed E-state index contributed by atoms with van der Waals surface area (Å²) in [6.07, 6.45) is 0. The molecule has 0 bridgehead atoms. The average Bonchev–Trinajstić information content (AvgIpc) is 2.38. The van der Waals surface area contributed by atoms with Gasteiger partial charge in [0.2, 0.25) is 5.78 Å². The number of rotatable bonds is 3. The first kappa shape index (κ1) is 12.3. The van der Waals surface area contributed by atoms with Crippen LogP contribution in [0.3, 0.4) is 0 Å². The summed E-state index contributed by atoms with van der Waals surface area (Å²) in [4.78, 5) is 22.5. The molecule has 4 nitrogen and oxygen atoms in total. The summed E-state index contributed by atoms with van der Waals surface area (Å²) in [6.45, 7) is 0. The maximum absolute atomic E-state index is 12.2. The molecule has 0 unspecified atom stereocenters. The van der Waals surface area contributed by atoms with E-state index in [2.05, 4.69) is 0 Å². The van der Waals surface area contributed by atoms with Crippen molar-refractivity contribution >= 4 is 23.1 Å². The van der Waals surface area contributed by atoms with Gasteiger partial charge in [0.05, 0.1) is 9.95 Å². The van der Waals surface area contributed by atoms with Crippen LogP contribution in [0.1, 0.15) is 15.9 Å². The summed E-state index contributed by atoms with van der Waals surface area (Å²) in [5, 5.41) is 11.0. The van der Waals surface area contributed by atoms with Crippen LogP contribution in [0.25, 0.3) is 0 Å². The number of nitro groups is 1. The lowest BCUT2D eigenvalue weighted by Gasteiger charge is -2.04. The fourth-order valence-electron chi connectivity index (χ4n) is 1.62. The molecular weight excluding hydrogens is 254 g/mol. The Labute approximate surface area is 108 Å². The van der Waals surface area contributed by atoms with Crippen LogP contribution in [0.2, 0.25) is 5.02 Å². The smallest absolute Gasteiger partial charge is 0.282 e. The standard InChI is InChI=1S/C13H8ClNO3/c14-10-7-4-8-11(15(17)18)12(10)13(16)9-5-2-1-3-6-9/h1-8H. The highest BCUT2D eigenvalue weighted by atomic mass is 35.5. The van der Waals surface area contributed by atoms with Crippen molar-refractivity contribution in [3.05, 3.63) is 74.8 Å². The molecule has 0 saturated carbocycles. The zero-order valence-electron chi connectivity index (χ0n) is 9.17. The molecule has 0 heterocycles. The normalized spacial score (nSPS) is 10.1. The topological polar surface area (TPSA) is 60.2 Å². The van der Waals surface area contributed by atoms with Gasteiger partial charge in [0.1, 0.15) is 5.56 Å². The van der Waals surface area contributed by atoms with E-state index < -0.39 is 10.7 Å². The lowest BCUT2D eigenvalue weighted by molar-refractivity contribution is -0.385. The molecule has 0 radical (unpaired) electrons. The van der Waals surface area contributed by atoms with Crippen molar-refractivity contribution in [2.75, 3.05) is 0 Å². The molecule has 2 aromatic carbocycles. The molecule has 2 rings (SSSR count). The van der Waals surface area contributed by atoms with Crippen molar-refractivity contribution in [2.24, 2.45) is 0 Å². The average molecular weight is 262 g/mol. The first-order valence-electron chi connectivity index (χ1n) is 5.14. The third kappa shape index (κ3) is 2.24. The van der Waals surface area contributed by atoms with Crippen LogP contribution in [-0.4, -0.2) is 10.7 Å². The number of benzene rings is 2. The number of halogens is 1. The van der Waals surface area contributed by atoms with Gasteiger partial charge in [-0.3, -0.25) is 14.9 Å². The van der Waals surface area contributed by atoms with E-state index in [1.807, 2.05) is 0 Å². The Morgan fingerprint density at radius 1 is 1.06 bits per heavy atom. The summed E-state index contributed by atoms with van der Waals surface area (Å²) in [5.41, 5.74) is 0.0143. The summed E-state index contributed by atoms with van der Waals surface area (Å²) in [6, 6.07) is 12.5. The van der Waals surface area contributed by atoms with Crippen molar-refractivity contribution in [3.8, 4) is 0 Å². The van der Waals surface area contributed by atoms with Crippen LogP contribution in [0.5, 0.6) is 0 Å². The molecule has 0 spiro atoms. The largest absolute Gasteiger partial charge is 0.288 e. The Balaban J connectivity index is 2.58. The number of nitrogens with zero attached hydrogens (tertiary/aromatic N) is 1. The molecule has 0 aliphatic carbocycles. The predicted octanol–water partition coefficient (Wildman–Crippen LogP) is 3.48. The molecular formula is C13H8ClNO3. The van der Waals surface area contributed by atoms with Gasteiger partial charge in [-0.1, -0.05) is 48.0 Å². The van der Waals surface area contributed by atoms with Gasteiger partial charge in [0.25, 0.3) is 5.69 Å². The summed E-state index contributed by atoms with van der Waals surface area (Å²) in [5.74, 6) is -0.451. The molecule has 0 aliphatic rings. The second-order valence-electron chi connectivity index (χ2n) is 3.59. The molecule has 18 heavy (non-hydrogen) atoms. The van der Waals surface area contributed by atoms with Gasteiger partial charge in [-0.15, -0.1) is 0 Å². The Morgan fingerprint density at radius 2 is 1.72 bits per heavy atom. The minimum Gasteiger partial charge on any atom is -0.288 e. The Hall–Kier alpha value is -2.20. The number of nitro benzene ring substituents is 1. The highest BCUT2D eigenvalue weighted by molar-refractivity contribution is 6.35. The number of hydrogen-bond donors (Lipinski definition) is 0. The molecule has 0 atom stereocenters. The minimum atomic E-state index is -0.609. The van der Waals surface area contributed by atoms with Crippen LogP contribution < -0.4 is 0 Å². The van der Waals surface area contributed by atoms with Gasteiger partial charge in [0, 0.05) is 11.6 Å². The van der Waals surface area contributed by atoms with Crippen molar-refractivity contribution < 1.29 is 9.72 Å². The maximum atomic E-state index is 12.2. The van der Waals surface area contributed by atoms with Gasteiger partial charge >= 0.3 is 0 Å².